The summed E-state index contributed by atoms with van der Waals surface area (Å²) in [6.45, 7) is 6.27. The lowest BCUT2D eigenvalue weighted by Gasteiger charge is -2.28. The molecular weight excluding hydrogens is 352 g/mol. The Bertz CT molecular complexity index is 599. The lowest BCUT2D eigenvalue weighted by atomic mass is 10.2. The second-order valence-corrected chi connectivity index (χ2v) is 8.47. The van der Waals surface area contributed by atoms with Gasteiger partial charge in [0.1, 0.15) is 5.60 Å². The molecule has 0 radical (unpaired) electrons. The van der Waals surface area contributed by atoms with Gasteiger partial charge in [0.05, 0.1) is 21.9 Å². The molecule has 1 aromatic heterocycles. The molecule has 6 nitrogen and oxygen atoms in total. The van der Waals surface area contributed by atoms with Crippen molar-refractivity contribution in [2.45, 2.75) is 44.9 Å². The van der Waals surface area contributed by atoms with Gasteiger partial charge in [-0.05, 0) is 39.3 Å². The molecule has 0 spiro atoms. The van der Waals surface area contributed by atoms with Crippen LogP contribution in [0.15, 0.2) is 12.1 Å². The van der Waals surface area contributed by atoms with Gasteiger partial charge in [0.2, 0.25) is 0 Å². The third-order valence-electron chi connectivity index (χ3n) is 3.53. The van der Waals surface area contributed by atoms with Crippen molar-refractivity contribution < 1.29 is 19.1 Å². The van der Waals surface area contributed by atoms with E-state index < -0.39 is 5.60 Å². The van der Waals surface area contributed by atoms with Gasteiger partial charge in [-0.1, -0.05) is 11.6 Å². The quantitative estimate of drug-likeness (QED) is 0.879. The normalized spacial score (nSPS) is 21.0. The van der Waals surface area contributed by atoms with Gasteiger partial charge in [-0.25, -0.2) is 4.79 Å². The number of nitrogens with one attached hydrogen (secondary N) is 1. The Morgan fingerprint density at radius 3 is 2.67 bits per heavy atom. The summed E-state index contributed by atoms with van der Waals surface area (Å²) in [5.74, 6) is -0.181. The van der Waals surface area contributed by atoms with Gasteiger partial charge in [-0.3, -0.25) is 4.79 Å². The van der Waals surface area contributed by atoms with Gasteiger partial charge in [0.15, 0.2) is 0 Å². The summed E-state index contributed by atoms with van der Waals surface area (Å²) in [6.07, 6.45) is 0.234. The number of methoxy groups -OCH3 is 1. The Morgan fingerprint density at radius 1 is 1.42 bits per heavy atom. The van der Waals surface area contributed by atoms with Gasteiger partial charge < -0.3 is 19.7 Å². The number of carbonyl (C=O) groups excluding carboxylic acids is 2. The summed E-state index contributed by atoms with van der Waals surface area (Å²) in [6, 6.07) is 3.11. The summed E-state index contributed by atoms with van der Waals surface area (Å²) < 4.78 is 11.2. The van der Waals surface area contributed by atoms with Crippen LogP contribution >= 0.6 is 22.9 Å². The molecule has 8 heteroatoms. The van der Waals surface area contributed by atoms with Crippen molar-refractivity contribution in [2.75, 3.05) is 20.3 Å². The van der Waals surface area contributed by atoms with Gasteiger partial charge >= 0.3 is 6.09 Å². The minimum absolute atomic E-state index is 0.123. The molecule has 1 aliphatic heterocycles. The van der Waals surface area contributed by atoms with Crippen LogP contribution in [0.25, 0.3) is 0 Å². The van der Waals surface area contributed by atoms with Crippen LogP contribution in [0, 0.1) is 0 Å². The number of halogens is 1. The van der Waals surface area contributed by atoms with E-state index in [1.807, 2.05) is 20.8 Å². The van der Waals surface area contributed by atoms with Gasteiger partial charge in [0.25, 0.3) is 5.91 Å². The molecule has 24 heavy (non-hydrogen) atoms. The van der Waals surface area contributed by atoms with Crippen molar-refractivity contribution in [3.8, 4) is 0 Å². The summed E-state index contributed by atoms with van der Waals surface area (Å²) in [7, 11) is 1.59. The molecule has 0 aromatic carbocycles. The van der Waals surface area contributed by atoms with Crippen LogP contribution in [-0.4, -0.2) is 54.8 Å². The van der Waals surface area contributed by atoms with Crippen molar-refractivity contribution in [1.29, 1.82) is 0 Å². The third-order valence-corrected chi connectivity index (χ3v) is 4.76. The summed E-state index contributed by atoms with van der Waals surface area (Å²) in [5, 5.41) is 2.95. The molecule has 2 amide bonds. The van der Waals surface area contributed by atoms with Crippen molar-refractivity contribution in [3.05, 3.63) is 21.3 Å². The number of nitrogens with zero attached hydrogens (tertiary/aromatic N) is 1. The number of thiophene rings is 1. The van der Waals surface area contributed by atoms with E-state index in [1.54, 1.807) is 24.1 Å². The molecule has 2 heterocycles. The highest BCUT2D eigenvalue weighted by molar-refractivity contribution is 7.17. The van der Waals surface area contributed by atoms with Gasteiger partial charge in [-0.15, -0.1) is 11.3 Å². The summed E-state index contributed by atoms with van der Waals surface area (Å²) in [4.78, 5) is 26.8. The smallest absolute Gasteiger partial charge is 0.410 e. The highest BCUT2D eigenvalue weighted by Crippen LogP contribution is 2.24. The Balaban J connectivity index is 2.00. The predicted molar refractivity (Wildman–Crippen MR) is 93.8 cm³/mol. The summed E-state index contributed by atoms with van der Waals surface area (Å²) in [5.41, 5.74) is -0.566. The number of likely N-dealkylation sites (tertiary alicyclic amines) is 1. The van der Waals surface area contributed by atoms with E-state index in [1.165, 1.54) is 11.3 Å². The molecule has 1 aliphatic rings. The Hall–Kier alpha value is -1.31. The molecule has 0 aliphatic carbocycles. The molecule has 0 saturated carbocycles. The SMILES string of the molecule is COC[C@@H]1C[C@@H](NC(=O)c2ccc(Cl)s2)CN1C(=O)OC(C)(C)C. The van der Waals surface area contributed by atoms with E-state index in [0.29, 0.717) is 28.8 Å². The van der Waals surface area contributed by atoms with Crippen LogP contribution in [0.1, 0.15) is 36.9 Å². The molecule has 1 fully saturated rings. The fourth-order valence-electron chi connectivity index (χ4n) is 2.61. The average Bonchev–Trinajstić information content (AvgIpc) is 3.04. The molecule has 0 bridgehead atoms. The maximum absolute atomic E-state index is 12.4. The van der Waals surface area contributed by atoms with Crippen LogP contribution in [0.5, 0.6) is 0 Å². The maximum atomic E-state index is 12.4. The fraction of sp³-hybridized carbons (Fsp3) is 0.625. The van der Waals surface area contributed by atoms with Crippen molar-refractivity contribution in [2.24, 2.45) is 0 Å². The van der Waals surface area contributed by atoms with Crippen molar-refractivity contribution >= 4 is 34.9 Å². The van der Waals surface area contributed by atoms with Gasteiger partial charge in [0, 0.05) is 19.7 Å². The lowest BCUT2D eigenvalue weighted by Crippen LogP contribution is -2.43. The van der Waals surface area contributed by atoms with E-state index in [9.17, 15) is 9.59 Å². The molecule has 134 valence electrons. The zero-order valence-electron chi connectivity index (χ0n) is 14.3. The van der Waals surface area contributed by atoms with Crippen LogP contribution in [0.3, 0.4) is 0 Å². The Kier molecular flexibility index (Phi) is 6.11. The second kappa shape index (κ2) is 7.72. The average molecular weight is 375 g/mol. The monoisotopic (exact) mass is 374 g/mol. The van der Waals surface area contributed by atoms with Crippen LogP contribution < -0.4 is 5.32 Å². The van der Waals surface area contributed by atoms with Crippen molar-refractivity contribution in [3.63, 3.8) is 0 Å². The number of rotatable bonds is 4. The minimum Gasteiger partial charge on any atom is -0.444 e. The molecule has 2 rings (SSSR count). The zero-order chi connectivity index (χ0) is 17.9. The topological polar surface area (TPSA) is 67.9 Å². The molecule has 1 saturated heterocycles. The Morgan fingerprint density at radius 2 is 2.12 bits per heavy atom. The highest BCUT2D eigenvalue weighted by atomic mass is 35.5. The number of hydrogen-bond acceptors (Lipinski definition) is 5. The zero-order valence-corrected chi connectivity index (χ0v) is 15.9. The molecule has 2 atom stereocenters. The van der Waals surface area contributed by atoms with Crippen LogP contribution in [-0.2, 0) is 9.47 Å². The maximum Gasteiger partial charge on any atom is 0.410 e. The van der Waals surface area contributed by atoms with E-state index >= 15 is 0 Å². The second-order valence-electron chi connectivity index (χ2n) is 6.75. The van der Waals surface area contributed by atoms with E-state index in [4.69, 9.17) is 21.1 Å². The van der Waals surface area contributed by atoms with Gasteiger partial charge in [-0.2, -0.15) is 0 Å². The molecule has 0 unspecified atom stereocenters. The summed E-state index contributed by atoms with van der Waals surface area (Å²) >= 11 is 7.09. The van der Waals surface area contributed by atoms with E-state index in [0.717, 1.165) is 0 Å². The standard InChI is InChI=1S/C16H23ClN2O4S/c1-16(2,3)23-15(21)19-8-10(7-11(19)9-22-4)18-14(20)12-5-6-13(17)24-12/h5-6,10-11H,7-9H2,1-4H3,(H,18,20)/t10-,11+/m1/s1. The number of hydrogen-bond donors (Lipinski definition) is 1. The molecule has 1 aromatic rings. The van der Waals surface area contributed by atoms with E-state index in [-0.39, 0.29) is 24.1 Å². The first-order valence-corrected chi connectivity index (χ1v) is 8.94. The first-order chi connectivity index (χ1) is 11.2. The third kappa shape index (κ3) is 5.09. The minimum atomic E-state index is -0.566. The first-order valence-electron chi connectivity index (χ1n) is 7.74. The van der Waals surface area contributed by atoms with Crippen LogP contribution in [0.2, 0.25) is 4.34 Å². The Labute approximate surface area is 151 Å². The number of amides is 2. The molecule has 1 N–H and O–H groups in total. The first kappa shape index (κ1) is 19.0. The lowest BCUT2D eigenvalue weighted by molar-refractivity contribution is 0.0146. The van der Waals surface area contributed by atoms with E-state index in [2.05, 4.69) is 5.32 Å². The molecular formula is C16H23ClN2O4S. The largest absolute Gasteiger partial charge is 0.444 e. The van der Waals surface area contributed by atoms with Crippen LogP contribution in [0.4, 0.5) is 4.79 Å². The fourth-order valence-corrected chi connectivity index (χ4v) is 3.55. The van der Waals surface area contributed by atoms with Crippen molar-refractivity contribution in [1.82, 2.24) is 10.2 Å². The number of ether oxygens (including phenoxy) is 2. The highest BCUT2D eigenvalue weighted by Gasteiger charge is 2.38. The number of carbonyl (C=O) groups is 2. The predicted octanol–water partition coefficient (Wildman–Crippen LogP) is 3.16.